The first-order chi connectivity index (χ1) is 69.5. The summed E-state index contributed by atoms with van der Waals surface area (Å²) in [5.74, 6) is 0. The molecule has 0 aliphatic rings. The monoisotopic (exact) mass is 1820 g/mol. The van der Waals surface area contributed by atoms with E-state index in [1.54, 1.807) is 0 Å². The molecular formula is C132H85N5OS2. The van der Waals surface area contributed by atoms with Gasteiger partial charge in [0.15, 0.2) is 0 Å². The maximum atomic E-state index is 6.31. The molecule has 0 saturated heterocycles. The Hall–Kier alpha value is -17.9. The topological polar surface area (TPSA) is 37.8 Å². The number of fused-ring (bicyclic) bond motifs is 24. The second-order valence-electron chi connectivity index (χ2n) is 36.1. The highest BCUT2D eigenvalue weighted by Gasteiger charge is 2.23. The fourth-order valence-corrected chi connectivity index (χ4v) is 24.1. The SMILES string of the molecule is c1ccc(-c2cccc(-n3c4ccccc4c4cc(-c5ccc6c(c5)c5ccccc5n6-c5ccccc5)ccc43)c2)cc1.c1ccc(-n2c3ccccc3c3cc(-c4ccc5sc6ccccc6c5c4)ccc32)cc1.c1ccc(-n2c3ccccc3c3cc(-c4cccc5c4oc4ccccc45)ccc32)cc1.c1ccc(-n2c3ccccc3c3cc(-c4cccc5c4sc4ccccc45)ccc32)cc1. The molecule has 6 nitrogen and oxygen atoms in total. The van der Waals surface area contributed by atoms with Crippen molar-refractivity contribution in [2.24, 2.45) is 0 Å². The van der Waals surface area contributed by atoms with Gasteiger partial charge in [-0.1, -0.05) is 334 Å². The van der Waals surface area contributed by atoms with Crippen LogP contribution in [0.2, 0.25) is 0 Å². The number of rotatable bonds is 10. The molecule has 8 heteroatoms. The van der Waals surface area contributed by atoms with Crippen molar-refractivity contribution < 1.29 is 4.42 Å². The summed E-state index contributed by atoms with van der Waals surface area (Å²) in [6.45, 7) is 0. The number of aromatic nitrogens is 5. The Bertz CT molecular complexity index is 9810. The van der Waals surface area contributed by atoms with Gasteiger partial charge in [-0.15, -0.1) is 22.7 Å². The molecule has 0 aliphatic heterocycles. The summed E-state index contributed by atoms with van der Waals surface area (Å²) in [5, 5.41) is 20.4. The molecule has 8 aromatic heterocycles. The number of nitrogens with zero attached hydrogens (tertiary/aromatic N) is 5. The number of thiophene rings is 2. The van der Waals surface area contributed by atoms with Crippen LogP contribution in [0.1, 0.15) is 0 Å². The van der Waals surface area contributed by atoms with Gasteiger partial charge in [0.2, 0.25) is 0 Å². The summed E-state index contributed by atoms with van der Waals surface area (Å²) in [5.41, 5.74) is 32.3. The smallest absolute Gasteiger partial charge is 0.143 e. The second kappa shape index (κ2) is 34.2. The van der Waals surface area contributed by atoms with E-state index in [9.17, 15) is 0 Å². The minimum Gasteiger partial charge on any atom is -0.455 e. The lowest BCUT2D eigenvalue weighted by Gasteiger charge is -2.11. The third-order valence-corrected chi connectivity index (χ3v) is 30.5. The third kappa shape index (κ3) is 13.9. The molecule has 0 spiro atoms. The molecule has 0 bridgehead atoms. The van der Waals surface area contributed by atoms with Crippen LogP contribution >= 0.6 is 22.7 Å². The number of hydrogen-bond donors (Lipinski definition) is 0. The van der Waals surface area contributed by atoms with Crippen molar-refractivity contribution in [2.45, 2.75) is 0 Å². The summed E-state index contributed by atoms with van der Waals surface area (Å²) in [6, 6.07) is 186. The van der Waals surface area contributed by atoms with Gasteiger partial charge < -0.3 is 27.3 Å². The summed E-state index contributed by atoms with van der Waals surface area (Å²) in [4.78, 5) is 0. The normalized spacial score (nSPS) is 11.7. The Morgan fingerprint density at radius 3 is 0.857 bits per heavy atom. The van der Waals surface area contributed by atoms with Gasteiger partial charge in [-0.3, -0.25) is 0 Å². The van der Waals surface area contributed by atoms with E-state index in [2.05, 4.69) is 526 Å². The van der Waals surface area contributed by atoms with Gasteiger partial charge in [-0.05, 0) is 232 Å². The Labute approximate surface area is 814 Å². The van der Waals surface area contributed by atoms with Crippen molar-refractivity contribution in [1.82, 2.24) is 22.8 Å². The van der Waals surface area contributed by atoms with Crippen LogP contribution in [0, 0.1) is 0 Å². The number of benzene rings is 22. The quantitative estimate of drug-likeness (QED) is 0.134. The van der Waals surface area contributed by atoms with Gasteiger partial charge in [0.25, 0.3) is 0 Å². The third-order valence-electron chi connectivity index (χ3n) is 28.1. The van der Waals surface area contributed by atoms with Gasteiger partial charge in [-0.25, -0.2) is 0 Å². The lowest BCUT2D eigenvalue weighted by atomic mass is 10.0. The first-order valence-electron chi connectivity index (χ1n) is 47.7. The van der Waals surface area contributed by atoms with Crippen molar-refractivity contribution in [2.75, 3.05) is 0 Å². The van der Waals surface area contributed by atoms with Gasteiger partial charge in [0, 0.05) is 139 Å². The van der Waals surface area contributed by atoms with E-state index in [1.807, 2.05) is 34.8 Å². The average molecular weight is 1820 g/mol. The fourth-order valence-electron chi connectivity index (χ4n) is 21.7. The zero-order valence-corrected chi connectivity index (χ0v) is 77.7. The number of furan rings is 1. The van der Waals surface area contributed by atoms with E-state index < -0.39 is 0 Å². The van der Waals surface area contributed by atoms with Crippen molar-refractivity contribution in [3.8, 4) is 84.1 Å². The van der Waals surface area contributed by atoms with E-state index in [4.69, 9.17) is 4.42 Å². The first kappa shape index (κ1) is 81.6. The van der Waals surface area contributed by atoms with Crippen molar-refractivity contribution in [3.05, 3.63) is 516 Å². The molecule has 0 atom stereocenters. The van der Waals surface area contributed by atoms with Crippen molar-refractivity contribution in [1.29, 1.82) is 0 Å². The second-order valence-corrected chi connectivity index (χ2v) is 38.2. The highest BCUT2D eigenvalue weighted by atomic mass is 32.1. The lowest BCUT2D eigenvalue weighted by Crippen LogP contribution is -1.94. The van der Waals surface area contributed by atoms with Gasteiger partial charge in [0.1, 0.15) is 11.2 Å². The standard InChI is InChI=1S/C42H28N2.C30H19NO.2C30H19NS/c1-3-12-29(13-4-1)30-14-11-17-34(26-30)44-40-21-10-8-19-36(40)38-28-32(23-25-42(38)44)31-22-24-41-37(27-31)35-18-7-9-20-39(35)43(41)33-15-5-2-6-16-33;2*1-2-9-21(10-3-1)31-27-15-6-4-11-23(27)26-19-20(17-18-28(26)31)22-13-8-14-25-24-12-5-7-16-29(24)32-30(22)25;1-2-8-22(9-3-1)31-27-12-6-4-10-23(27)25-18-20(14-16-28(25)31)21-15-17-30-26(19-21)24-11-5-7-13-29(24)32-30/h1-28H;3*1-19H. The predicted octanol–water partition coefficient (Wildman–Crippen LogP) is 37.2. The first-order valence-corrected chi connectivity index (χ1v) is 49.4. The highest BCUT2D eigenvalue weighted by Crippen LogP contribution is 2.47. The van der Waals surface area contributed by atoms with Gasteiger partial charge in [0.05, 0.1) is 55.2 Å². The predicted molar refractivity (Wildman–Crippen MR) is 598 cm³/mol. The van der Waals surface area contributed by atoms with Crippen molar-refractivity contribution in [3.63, 3.8) is 0 Å². The molecule has 0 radical (unpaired) electrons. The Kier molecular flexibility index (Phi) is 19.9. The zero-order chi connectivity index (χ0) is 92.2. The molecule has 30 rings (SSSR count). The van der Waals surface area contributed by atoms with Crippen LogP contribution in [-0.2, 0) is 0 Å². The molecule has 22 aromatic carbocycles. The number of para-hydroxylation sites is 11. The minimum absolute atomic E-state index is 0.928. The summed E-state index contributed by atoms with van der Waals surface area (Å²) >= 11 is 3.76. The zero-order valence-electron chi connectivity index (χ0n) is 76.0. The summed E-state index contributed by atoms with van der Waals surface area (Å²) in [6.07, 6.45) is 0. The molecule has 8 heterocycles. The molecular weight excluding hydrogens is 1740 g/mol. The summed E-state index contributed by atoms with van der Waals surface area (Å²) < 4.78 is 23.6. The Balaban J connectivity index is 0.0000000947. The van der Waals surface area contributed by atoms with Crippen LogP contribution in [0.15, 0.2) is 520 Å². The van der Waals surface area contributed by atoms with Crippen molar-refractivity contribution >= 4 is 194 Å². The van der Waals surface area contributed by atoms with Gasteiger partial charge in [-0.2, -0.15) is 0 Å². The molecule has 0 N–H and O–H groups in total. The van der Waals surface area contributed by atoms with E-state index in [0.717, 1.165) is 33.1 Å². The van der Waals surface area contributed by atoms with Crippen LogP contribution in [0.5, 0.6) is 0 Å². The van der Waals surface area contributed by atoms with Crippen LogP contribution < -0.4 is 0 Å². The van der Waals surface area contributed by atoms with E-state index in [-0.39, 0.29) is 0 Å². The average Bonchev–Trinajstić information content (AvgIpc) is 1.58. The Morgan fingerprint density at radius 1 is 0.143 bits per heavy atom. The largest absolute Gasteiger partial charge is 0.455 e. The molecule has 0 amide bonds. The fraction of sp³-hybridized carbons (Fsp3) is 0. The minimum atomic E-state index is 0.928. The van der Waals surface area contributed by atoms with Gasteiger partial charge >= 0.3 is 0 Å². The summed E-state index contributed by atoms with van der Waals surface area (Å²) in [7, 11) is 0. The van der Waals surface area contributed by atoms with E-state index >= 15 is 0 Å². The molecule has 0 aliphatic carbocycles. The van der Waals surface area contributed by atoms with E-state index in [1.165, 1.54) is 222 Å². The van der Waals surface area contributed by atoms with Crippen LogP contribution in [0.4, 0.5) is 0 Å². The van der Waals surface area contributed by atoms with Crippen LogP contribution in [0.3, 0.4) is 0 Å². The highest BCUT2D eigenvalue weighted by molar-refractivity contribution is 7.26. The molecule has 0 saturated carbocycles. The lowest BCUT2D eigenvalue weighted by molar-refractivity contribution is 0.670. The number of hydrogen-bond acceptors (Lipinski definition) is 3. The Morgan fingerprint density at radius 2 is 0.414 bits per heavy atom. The van der Waals surface area contributed by atoms with E-state index in [0.29, 0.717) is 0 Å². The van der Waals surface area contributed by atoms with Crippen LogP contribution in [0.25, 0.3) is 255 Å². The molecule has 656 valence electrons. The maximum Gasteiger partial charge on any atom is 0.143 e. The maximum absolute atomic E-state index is 6.31. The molecule has 0 fully saturated rings. The molecule has 140 heavy (non-hydrogen) atoms. The molecule has 30 aromatic rings. The van der Waals surface area contributed by atoms with Crippen LogP contribution in [-0.4, -0.2) is 22.8 Å². The molecule has 0 unspecified atom stereocenters.